The first-order valence-corrected chi connectivity index (χ1v) is 9.45. The van der Waals surface area contributed by atoms with Crippen LogP contribution in [0.15, 0.2) is 76.5 Å². The summed E-state index contributed by atoms with van der Waals surface area (Å²) in [6.07, 6.45) is 0. The number of amides is 1. The maximum absolute atomic E-state index is 12.6. The van der Waals surface area contributed by atoms with Crippen LogP contribution in [-0.4, -0.2) is 16.1 Å². The average molecular weight is 396 g/mol. The molecule has 0 aliphatic rings. The van der Waals surface area contributed by atoms with Gasteiger partial charge in [0.05, 0.1) is 4.88 Å². The summed E-state index contributed by atoms with van der Waals surface area (Å²) >= 11 is 7.30. The molecule has 134 valence electrons. The van der Waals surface area contributed by atoms with Crippen molar-refractivity contribution < 1.29 is 9.21 Å². The number of hydrogen-bond donors (Lipinski definition) is 1. The number of benzene rings is 2. The first-order valence-electron chi connectivity index (χ1n) is 8.19. The minimum Gasteiger partial charge on any atom is -0.418 e. The highest BCUT2D eigenvalue weighted by atomic mass is 35.5. The summed E-state index contributed by atoms with van der Waals surface area (Å²) in [5, 5.41) is 13.8. The molecular weight excluding hydrogens is 382 g/mol. The van der Waals surface area contributed by atoms with Gasteiger partial charge in [-0.15, -0.1) is 21.5 Å². The van der Waals surface area contributed by atoms with Crippen molar-refractivity contribution in [3.8, 4) is 11.5 Å². The number of nitrogens with one attached hydrogen (secondary N) is 1. The predicted octanol–water partition coefficient (Wildman–Crippen LogP) is 4.97. The Labute approximate surface area is 164 Å². The Balaban J connectivity index is 1.66. The average Bonchev–Trinajstić information content (AvgIpc) is 3.39. The van der Waals surface area contributed by atoms with Crippen LogP contribution in [-0.2, 0) is 0 Å². The fourth-order valence-corrected chi connectivity index (χ4v) is 3.36. The van der Waals surface area contributed by atoms with Gasteiger partial charge < -0.3 is 9.73 Å². The minimum absolute atomic E-state index is 0.190. The van der Waals surface area contributed by atoms with Gasteiger partial charge in [0.25, 0.3) is 5.91 Å². The van der Waals surface area contributed by atoms with Gasteiger partial charge in [0.1, 0.15) is 6.04 Å². The van der Waals surface area contributed by atoms with Gasteiger partial charge in [-0.3, -0.25) is 4.79 Å². The molecule has 2 heterocycles. The molecule has 0 bridgehead atoms. The fourth-order valence-electron chi connectivity index (χ4n) is 2.60. The van der Waals surface area contributed by atoms with Crippen molar-refractivity contribution in [3.05, 3.63) is 93.5 Å². The summed E-state index contributed by atoms with van der Waals surface area (Å²) in [7, 11) is 0. The molecule has 0 saturated carbocycles. The highest BCUT2D eigenvalue weighted by molar-refractivity contribution is 7.12. The molecule has 1 unspecified atom stereocenters. The largest absolute Gasteiger partial charge is 0.418 e. The summed E-state index contributed by atoms with van der Waals surface area (Å²) in [6, 6.07) is 19.7. The number of aromatic nitrogens is 2. The van der Waals surface area contributed by atoms with E-state index in [1.807, 2.05) is 41.8 Å². The van der Waals surface area contributed by atoms with E-state index in [1.54, 1.807) is 30.3 Å². The van der Waals surface area contributed by atoms with Gasteiger partial charge in [-0.2, -0.15) is 0 Å². The number of halogens is 1. The van der Waals surface area contributed by atoms with Crippen LogP contribution in [0.5, 0.6) is 0 Å². The molecule has 4 rings (SSSR count). The number of rotatable bonds is 5. The third kappa shape index (κ3) is 3.92. The summed E-state index contributed by atoms with van der Waals surface area (Å²) in [4.78, 5) is 13.2. The minimum atomic E-state index is -0.547. The van der Waals surface area contributed by atoms with Crippen molar-refractivity contribution in [2.45, 2.75) is 6.04 Å². The smallest absolute Gasteiger partial charge is 0.262 e. The molecule has 2 aromatic heterocycles. The molecule has 1 N–H and O–H groups in total. The molecule has 2 aromatic carbocycles. The van der Waals surface area contributed by atoms with E-state index < -0.39 is 6.04 Å². The molecular formula is C20H14ClN3O2S. The van der Waals surface area contributed by atoms with Crippen molar-refractivity contribution in [2.24, 2.45) is 0 Å². The van der Waals surface area contributed by atoms with Crippen molar-refractivity contribution in [1.82, 2.24) is 15.5 Å². The lowest BCUT2D eigenvalue weighted by molar-refractivity contribution is 0.0942. The van der Waals surface area contributed by atoms with Crippen molar-refractivity contribution in [2.75, 3.05) is 0 Å². The molecule has 4 aromatic rings. The van der Waals surface area contributed by atoms with Gasteiger partial charge >= 0.3 is 0 Å². The Hall–Kier alpha value is -2.96. The highest BCUT2D eigenvalue weighted by Gasteiger charge is 2.24. The number of thiophene rings is 1. The number of nitrogens with zero attached hydrogens (tertiary/aromatic N) is 2. The van der Waals surface area contributed by atoms with Crippen LogP contribution in [0.4, 0.5) is 0 Å². The lowest BCUT2D eigenvalue weighted by Gasteiger charge is -2.15. The zero-order chi connectivity index (χ0) is 18.6. The zero-order valence-corrected chi connectivity index (χ0v) is 15.6. The van der Waals surface area contributed by atoms with Crippen LogP contribution < -0.4 is 5.32 Å². The van der Waals surface area contributed by atoms with Crippen LogP contribution in [0.2, 0.25) is 5.02 Å². The Bertz CT molecular complexity index is 1030. The van der Waals surface area contributed by atoms with Gasteiger partial charge in [0.2, 0.25) is 11.8 Å². The van der Waals surface area contributed by atoms with E-state index in [0.29, 0.717) is 21.7 Å². The van der Waals surface area contributed by atoms with E-state index in [0.717, 1.165) is 11.1 Å². The maximum atomic E-state index is 12.6. The second kappa shape index (κ2) is 7.73. The SMILES string of the molecule is O=C(NC(c1ccccc1)c1nnc(-c2ccc(Cl)cc2)o1)c1cccs1. The second-order valence-electron chi connectivity index (χ2n) is 5.75. The predicted molar refractivity (Wildman–Crippen MR) is 105 cm³/mol. The number of carbonyl (C=O) groups is 1. The molecule has 0 saturated heterocycles. The van der Waals surface area contributed by atoms with Gasteiger partial charge in [0, 0.05) is 10.6 Å². The van der Waals surface area contributed by atoms with Gasteiger partial charge in [0.15, 0.2) is 0 Å². The standard InChI is InChI=1S/C20H14ClN3O2S/c21-15-10-8-14(9-11-15)19-23-24-20(26-19)17(13-5-2-1-3-6-13)22-18(25)16-7-4-12-27-16/h1-12,17H,(H,22,25). The highest BCUT2D eigenvalue weighted by Crippen LogP contribution is 2.26. The van der Waals surface area contributed by atoms with E-state index in [4.69, 9.17) is 16.0 Å². The monoisotopic (exact) mass is 395 g/mol. The Morgan fingerprint density at radius 1 is 1.00 bits per heavy atom. The van der Waals surface area contributed by atoms with Gasteiger partial charge in [-0.05, 0) is 41.3 Å². The van der Waals surface area contributed by atoms with Crippen molar-refractivity contribution >= 4 is 28.8 Å². The summed E-state index contributed by atoms with van der Waals surface area (Å²) in [5.41, 5.74) is 1.61. The van der Waals surface area contributed by atoms with Crippen LogP contribution >= 0.6 is 22.9 Å². The molecule has 7 heteroatoms. The van der Waals surface area contributed by atoms with Crippen LogP contribution in [0.1, 0.15) is 27.2 Å². The molecule has 5 nitrogen and oxygen atoms in total. The van der Waals surface area contributed by atoms with Crippen molar-refractivity contribution in [3.63, 3.8) is 0 Å². The molecule has 0 aliphatic heterocycles. The molecule has 27 heavy (non-hydrogen) atoms. The van der Waals surface area contributed by atoms with Crippen LogP contribution in [0.25, 0.3) is 11.5 Å². The molecule has 0 fully saturated rings. The van der Waals surface area contributed by atoms with E-state index in [9.17, 15) is 4.79 Å². The number of hydrogen-bond acceptors (Lipinski definition) is 5. The normalized spacial score (nSPS) is 11.9. The topological polar surface area (TPSA) is 68.0 Å². The Morgan fingerprint density at radius 2 is 1.78 bits per heavy atom. The summed E-state index contributed by atoms with van der Waals surface area (Å²) in [6.45, 7) is 0. The summed E-state index contributed by atoms with van der Waals surface area (Å²) < 4.78 is 5.87. The van der Waals surface area contributed by atoms with E-state index in [-0.39, 0.29) is 5.91 Å². The lowest BCUT2D eigenvalue weighted by Crippen LogP contribution is -2.29. The van der Waals surface area contributed by atoms with Crippen LogP contribution in [0, 0.1) is 0 Å². The third-order valence-corrected chi connectivity index (χ3v) is 5.05. The summed E-state index contributed by atoms with van der Waals surface area (Å²) in [5.74, 6) is 0.495. The first kappa shape index (κ1) is 17.5. The third-order valence-electron chi connectivity index (χ3n) is 3.93. The van der Waals surface area contributed by atoms with E-state index in [2.05, 4.69) is 15.5 Å². The quantitative estimate of drug-likeness (QED) is 0.518. The zero-order valence-electron chi connectivity index (χ0n) is 14.0. The van der Waals surface area contributed by atoms with Gasteiger partial charge in [-0.1, -0.05) is 48.0 Å². The molecule has 1 atom stereocenters. The lowest BCUT2D eigenvalue weighted by atomic mass is 10.1. The van der Waals surface area contributed by atoms with Crippen molar-refractivity contribution in [1.29, 1.82) is 0 Å². The second-order valence-corrected chi connectivity index (χ2v) is 7.13. The Kier molecular flexibility index (Phi) is 5.00. The van der Waals surface area contributed by atoms with E-state index >= 15 is 0 Å². The van der Waals surface area contributed by atoms with Gasteiger partial charge in [-0.25, -0.2) is 0 Å². The number of carbonyl (C=O) groups excluding carboxylic acids is 1. The van der Waals surface area contributed by atoms with Crippen LogP contribution in [0.3, 0.4) is 0 Å². The fraction of sp³-hybridized carbons (Fsp3) is 0.0500. The van der Waals surface area contributed by atoms with E-state index in [1.165, 1.54) is 11.3 Å². The molecule has 0 spiro atoms. The molecule has 0 aliphatic carbocycles. The Morgan fingerprint density at radius 3 is 2.48 bits per heavy atom. The molecule has 1 amide bonds. The molecule has 0 radical (unpaired) electrons. The maximum Gasteiger partial charge on any atom is 0.262 e. The first-order chi connectivity index (χ1) is 13.2.